The Morgan fingerprint density at radius 2 is 1.81 bits per heavy atom. The summed E-state index contributed by atoms with van der Waals surface area (Å²) < 4.78 is 0. The van der Waals surface area contributed by atoms with E-state index in [-0.39, 0.29) is 5.91 Å². The van der Waals surface area contributed by atoms with Crippen molar-refractivity contribution in [1.29, 1.82) is 0 Å². The van der Waals surface area contributed by atoms with Crippen LogP contribution in [0.5, 0.6) is 0 Å². The number of hydrogen-bond donors (Lipinski definition) is 2. The van der Waals surface area contributed by atoms with E-state index in [0.717, 1.165) is 38.4 Å². The summed E-state index contributed by atoms with van der Waals surface area (Å²) in [6, 6.07) is 10.4. The standard InChI is InChI=1S/C19H22Cl2N4O/c1-2-24-7-9-25(10-8-24)18-6-4-14(22)12-17(18)23-19(26)13-3-5-15(20)16(21)11-13/h3-6,11-12H,2,7-10,22H2,1H3,(H,23,26). The van der Waals surface area contributed by atoms with E-state index in [4.69, 9.17) is 28.9 Å². The fourth-order valence-corrected chi connectivity index (χ4v) is 3.36. The zero-order valence-electron chi connectivity index (χ0n) is 14.6. The van der Waals surface area contributed by atoms with Gasteiger partial charge >= 0.3 is 0 Å². The minimum atomic E-state index is -0.248. The van der Waals surface area contributed by atoms with Gasteiger partial charge in [0.15, 0.2) is 0 Å². The summed E-state index contributed by atoms with van der Waals surface area (Å²) in [5.74, 6) is -0.248. The first kappa shape index (κ1) is 18.8. The van der Waals surface area contributed by atoms with Crippen LogP contribution >= 0.6 is 23.2 Å². The van der Waals surface area contributed by atoms with Crippen LogP contribution in [0.15, 0.2) is 36.4 Å². The highest BCUT2D eigenvalue weighted by atomic mass is 35.5. The molecule has 26 heavy (non-hydrogen) atoms. The molecule has 3 rings (SSSR count). The molecule has 1 heterocycles. The molecule has 0 bridgehead atoms. The smallest absolute Gasteiger partial charge is 0.255 e. The van der Waals surface area contributed by atoms with Crippen molar-refractivity contribution in [1.82, 2.24) is 4.90 Å². The van der Waals surface area contributed by atoms with Gasteiger partial charge in [-0.25, -0.2) is 0 Å². The minimum absolute atomic E-state index is 0.248. The molecular formula is C19H22Cl2N4O. The Kier molecular flexibility index (Phi) is 5.91. The normalized spacial score (nSPS) is 15.1. The second-order valence-electron chi connectivity index (χ2n) is 6.28. The average molecular weight is 393 g/mol. The maximum absolute atomic E-state index is 12.6. The number of halogens is 2. The summed E-state index contributed by atoms with van der Waals surface area (Å²) >= 11 is 11.9. The Morgan fingerprint density at radius 1 is 1.08 bits per heavy atom. The van der Waals surface area contributed by atoms with Crippen LogP contribution in [-0.4, -0.2) is 43.5 Å². The van der Waals surface area contributed by atoms with Crippen molar-refractivity contribution in [2.75, 3.05) is 48.7 Å². The van der Waals surface area contributed by atoms with E-state index in [0.29, 0.717) is 27.0 Å². The summed E-state index contributed by atoms with van der Waals surface area (Å²) in [5, 5.41) is 3.73. The number of nitrogens with zero attached hydrogens (tertiary/aromatic N) is 2. The maximum Gasteiger partial charge on any atom is 0.255 e. The Morgan fingerprint density at radius 3 is 2.46 bits per heavy atom. The van der Waals surface area contributed by atoms with Gasteiger partial charge in [0, 0.05) is 37.4 Å². The Labute approximate surface area is 163 Å². The zero-order valence-corrected chi connectivity index (χ0v) is 16.1. The number of nitrogens with one attached hydrogen (secondary N) is 1. The molecule has 0 unspecified atom stereocenters. The molecular weight excluding hydrogens is 371 g/mol. The molecule has 0 saturated carbocycles. The maximum atomic E-state index is 12.6. The van der Waals surface area contributed by atoms with Gasteiger partial charge < -0.3 is 20.9 Å². The number of amides is 1. The molecule has 1 aliphatic rings. The Balaban J connectivity index is 1.81. The molecule has 0 aliphatic carbocycles. The largest absolute Gasteiger partial charge is 0.399 e. The first-order valence-corrected chi connectivity index (χ1v) is 9.36. The molecule has 1 saturated heterocycles. The summed E-state index contributed by atoms with van der Waals surface area (Å²) in [6.07, 6.45) is 0. The molecule has 0 aromatic heterocycles. The SMILES string of the molecule is CCN1CCN(c2ccc(N)cc2NC(=O)c2ccc(Cl)c(Cl)c2)CC1. The van der Waals surface area contributed by atoms with Crippen molar-refractivity contribution in [2.24, 2.45) is 0 Å². The monoisotopic (exact) mass is 392 g/mol. The lowest BCUT2D eigenvalue weighted by Crippen LogP contribution is -2.46. The van der Waals surface area contributed by atoms with Crippen LogP contribution in [0.2, 0.25) is 10.0 Å². The molecule has 5 nitrogen and oxygen atoms in total. The third kappa shape index (κ3) is 4.23. The van der Waals surface area contributed by atoms with Gasteiger partial charge in [-0.2, -0.15) is 0 Å². The topological polar surface area (TPSA) is 61.6 Å². The number of nitrogen functional groups attached to an aromatic ring is 1. The van der Waals surface area contributed by atoms with Gasteiger partial charge in [-0.1, -0.05) is 30.1 Å². The zero-order chi connectivity index (χ0) is 18.7. The van der Waals surface area contributed by atoms with Crippen molar-refractivity contribution in [2.45, 2.75) is 6.92 Å². The summed E-state index contributed by atoms with van der Waals surface area (Å²) in [4.78, 5) is 17.3. The van der Waals surface area contributed by atoms with Gasteiger partial charge in [-0.3, -0.25) is 4.79 Å². The fraction of sp³-hybridized carbons (Fsp3) is 0.316. The number of anilines is 3. The van der Waals surface area contributed by atoms with E-state index in [9.17, 15) is 4.79 Å². The highest BCUT2D eigenvalue weighted by Crippen LogP contribution is 2.30. The number of benzene rings is 2. The van der Waals surface area contributed by atoms with Gasteiger partial charge in [-0.15, -0.1) is 0 Å². The van der Waals surface area contributed by atoms with E-state index < -0.39 is 0 Å². The third-order valence-electron chi connectivity index (χ3n) is 4.61. The molecule has 0 atom stereocenters. The van der Waals surface area contributed by atoms with E-state index in [1.54, 1.807) is 24.3 Å². The summed E-state index contributed by atoms with van der Waals surface area (Å²) in [6.45, 7) is 7.04. The molecule has 2 aromatic carbocycles. The second kappa shape index (κ2) is 8.16. The molecule has 3 N–H and O–H groups in total. The number of likely N-dealkylation sites (N-methyl/N-ethyl adjacent to an activating group) is 1. The highest BCUT2D eigenvalue weighted by molar-refractivity contribution is 6.42. The quantitative estimate of drug-likeness (QED) is 0.772. The number of hydrogen-bond acceptors (Lipinski definition) is 4. The van der Waals surface area contributed by atoms with Crippen molar-refractivity contribution in [3.63, 3.8) is 0 Å². The van der Waals surface area contributed by atoms with E-state index in [1.165, 1.54) is 0 Å². The summed E-state index contributed by atoms with van der Waals surface area (Å²) in [5.41, 5.74) is 8.67. The van der Waals surface area contributed by atoms with Crippen LogP contribution in [0.3, 0.4) is 0 Å². The first-order valence-electron chi connectivity index (χ1n) is 8.61. The van der Waals surface area contributed by atoms with E-state index in [2.05, 4.69) is 22.0 Å². The summed E-state index contributed by atoms with van der Waals surface area (Å²) in [7, 11) is 0. The second-order valence-corrected chi connectivity index (χ2v) is 7.10. The predicted octanol–water partition coefficient (Wildman–Crippen LogP) is 3.97. The van der Waals surface area contributed by atoms with Gasteiger partial charge in [0.05, 0.1) is 21.4 Å². The molecule has 2 aromatic rings. The number of carbonyl (C=O) groups is 1. The molecule has 138 valence electrons. The van der Waals surface area contributed by atoms with E-state index >= 15 is 0 Å². The minimum Gasteiger partial charge on any atom is -0.399 e. The lowest BCUT2D eigenvalue weighted by molar-refractivity contribution is 0.102. The van der Waals surface area contributed by atoms with Crippen LogP contribution < -0.4 is 16.0 Å². The van der Waals surface area contributed by atoms with E-state index in [1.807, 2.05) is 12.1 Å². The van der Waals surface area contributed by atoms with Crippen LogP contribution in [-0.2, 0) is 0 Å². The number of carbonyl (C=O) groups excluding carboxylic acids is 1. The van der Waals surface area contributed by atoms with Crippen LogP contribution in [0.25, 0.3) is 0 Å². The lowest BCUT2D eigenvalue weighted by atomic mass is 10.1. The van der Waals surface area contributed by atoms with Crippen molar-refractivity contribution < 1.29 is 4.79 Å². The molecule has 1 amide bonds. The van der Waals surface area contributed by atoms with Crippen molar-refractivity contribution in [3.8, 4) is 0 Å². The molecule has 7 heteroatoms. The average Bonchev–Trinajstić information content (AvgIpc) is 2.64. The number of nitrogens with two attached hydrogens (primary N) is 1. The van der Waals surface area contributed by atoms with Gasteiger partial charge in [-0.05, 0) is 42.9 Å². The van der Waals surface area contributed by atoms with Crippen molar-refractivity contribution >= 4 is 46.2 Å². The fourth-order valence-electron chi connectivity index (χ4n) is 3.07. The first-order chi connectivity index (χ1) is 12.5. The predicted molar refractivity (Wildman–Crippen MR) is 110 cm³/mol. The number of piperazine rings is 1. The van der Waals surface area contributed by atoms with Gasteiger partial charge in [0.1, 0.15) is 0 Å². The number of rotatable bonds is 4. The molecule has 1 fully saturated rings. The Bertz CT molecular complexity index is 804. The van der Waals surface area contributed by atoms with Crippen LogP contribution in [0.4, 0.5) is 17.1 Å². The molecule has 0 radical (unpaired) electrons. The van der Waals surface area contributed by atoms with Crippen molar-refractivity contribution in [3.05, 3.63) is 52.0 Å². The van der Waals surface area contributed by atoms with Crippen LogP contribution in [0, 0.1) is 0 Å². The molecule has 1 aliphatic heterocycles. The van der Waals surface area contributed by atoms with Gasteiger partial charge in [0.2, 0.25) is 0 Å². The Hall–Kier alpha value is -1.95. The van der Waals surface area contributed by atoms with Gasteiger partial charge in [0.25, 0.3) is 5.91 Å². The highest BCUT2D eigenvalue weighted by Gasteiger charge is 2.19. The molecule has 0 spiro atoms. The van der Waals surface area contributed by atoms with Crippen LogP contribution in [0.1, 0.15) is 17.3 Å². The third-order valence-corrected chi connectivity index (χ3v) is 5.35. The lowest BCUT2D eigenvalue weighted by Gasteiger charge is -2.36.